The zero-order chi connectivity index (χ0) is 16.4. The van der Waals surface area contributed by atoms with E-state index in [0.717, 1.165) is 10.1 Å². The van der Waals surface area contributed by atoms with Gasteiger partial charge < -0.3 is 15.4 Å². The summed E-state index contributed by atoms with van der Waals surface area (Å²) in [7, 11) is 0. The number of benzene rings is 1. The van der Waals surface area contributed by atoms with Crippen molar-refractivity contribution in [3.63, 3.8) is 0 Å². The van der Waals surface area contributed by atoms with Crippen LogP contribution in [0.2, 0.25) is 0 Å². The Labute approximate surface area is 139 Å². The van der Waals surface area contributed by atoms with Crippen LogP contribution in [0.3, 0.4) is 0 Å². The van der Waals surface area contributed by atoms with Gasteiger partial charge in [0, 0.05) is 16.4 Å². The molecule has 2 amide bonds. The van der Waals surface area contributed by atoms with E-state index >= 15 is 0 Å². The van der Waals surface area contributed by atoms with Gasteiger partial charge in [-0.2, -0.15) is 0 Å². The fraction of sp³-hybridized carbons (Fsp3) is 0.412. The molecule has 0 saturated heterocycles. The van der Waals surface area contributed by atoms with E-state index in [0.29, 0.717) is 23.1 Å². The van der Waals surface area contributed by atoms with Crippen molar-refractivity contribution >= 4 is 39.1 Å². The maximum atomic E-state index is 12.0. The number of nitrogens with one attached hydrogen (secondary N) is 2. The second-order valence-corrected chi connectivity index (χ2v) is 6.89. The molecule has 1 aliphatic carbocycles. The number of thiophene rings is 1. The minimum absolute atomic E-state index is 0.190. The maximum absolute atomic E-state index is 12.0. The third-order valence-electron chi connectivity index (χ3n) is 3.94. The van der Waals surface area contributed by atoms with Gasteiger partial charge in [0.25, 0.3) is 0 Å². The van der Waals surface area contributed by atoms with Crippen LogP contribution >= 0.6 is 11.3 Å². The molecule has 1 unspecified atom stereocenters. The van der Waals surface area contributed by atoms with Crippen LogP contribution < -0.4 is 10.6 Å². The first kappa shape index (κ1) is 15.8. The standard InChI is InChI=1S/C17H20N2O3S/c1-3-22-16(20)15-9-12-8-13(6-7-14(12)23-15)19-17(21)18-10(2)11-4-5-11/h6-11H,3-5H2,1-2H3,(H2,18,19,21). The summed E-state index contributed by atoms with van der Waals surface area (Å²) in [4.78, 5) is 24.3. The second kappa shape index (κ2) is 6.58. The molecule has 1 atom stereocenters. The first-order valence-electron chi connectivity index (χ1n) is 7.85. The monoisotopic (exact) mass is 332 g/mol. The highest BCUT2D eigenvalue weighted by atomic mass is 32.1. The Balaban J connectivity index is 1.69. The number of ether oxygens (including phenoxy) is 1. The largest absolute Gasteiger partial charge is 0.462 e. The molecule has 1 heterocycles. The van der Waals surface area contributed by atoms with E-state index in [4.69, 9.17) is 4.74 Å². The Kier molecular flexibility index (Phi) is 4.52. The maximum Gasteiger partial charge on any atom is 0.348 e. The second-order valence-electron chi connectivity index (χ2n) is 5.81. The SMILES string of the molecule is CCOC(=O)c1cc2cc(NC(=O)NC(C)C3CC3)ccc2s1. The van der Waals surface area contributed by atoms with Crippen molar-refractivity contribution in [3.8, 4) is 0 Å². The summed E-state index contributed by atoms with van der Waals surface area (Å²) in [5, 5.41) is 6.73. The van der Waals surface area contributed by atoms with Crippen LogP contribution in [0, 0.1) is 5.92 Å². The number of anilines is 1. The number of hydrogen-bond acceptors (Lipinski definition) is 4. The topological polar surface area (TPSA) is 67.4 Å². The fourth-order valence-corrected chi connectivity index (χ4v) is 3.45. The number of hydrogen-bond donors (Lipinski definition) is 2. The molecule has 1 fully saturated rings. The fourth-order valence-electron chi connectivity index (χ4n) is 2.51. The summed E-state index contributed by atoms with van der Waals surface area (Å²) in [6.07, 6.45) is 2.39. The summed E-state index contributed by atoms with van der Waals surface area (Å²) >= 11 is 1.39. The van der Waals surface area contributed by atoms with Gasteiger partial charge in [-0.3, -0.25) is 0 Å². The minimum Gasteiger partial charge on any atom is -0.462 e. The number of fused-ring (bicyclic) bond motifs is 1. The first-order chi connectivity index (χ1) is 11.1. The lowest BCUT2D eigenvalue weighted by molar-refractivity contribution is 0.0532. The Bertz CT molecular complexity index is 737. The Morgan fingerprint density at radius 3 is 2.83 bits per heavy atom. The molecule has 0 radical (unpaired) electrons. The molecule has 1 aromatic carbocycles. The Morgan fingerprint density at radius 2 is 2.13 bits per heavy atom. The molecule has 2 aromatic rings. The van der Waals surface area contributed by atoms with Gasteiger partial charge in [0.1, 0.15) is 4.88 Å². The Hall–Kier alpha value is -2.08. The zero-order valence-electron chi connectivity index (χ0n) is 13.2. The van der Waals surface area contributed by atoms with E-state index in [2.05, 4.69) is 10.6 Å². The van der Waals surface area contributed by atoms with Gasteiger partial charge in [-0.15, -0.1) is 11.3 Å². The summed E-state index contributed by atoms with van der Waals surface area (Å²) in [5.74, 6) is 0.312. The predicted octanol–water partition coefficient (Wildman–Crippen LogP) is 4.00. The molecular formula is C17H20N2O3S. The highest BCUT2D eigenvalue weighted by molar-refractivity contribution is 7.20. The number of rotatable bonds is 5. The molecule has 3 rings (SSSR count). The van der Waals surface area contributed by atoms with E-state index < -0.39 is 0 Å². The molecule has 0 bridgehead atoms. The lowest BCUT2D eigenvalue weighted by Crippen LogP contribution is -2.37. The number of esters is 1. The van der Waals surface area contributed by atoms with Crippen LogP contribution in [-0.4, -0.2) is 24.6 Å². The minimum atomic E-state index is -0.306. The molecule has 5 nitrogen and oxygen atoms in total. The summed E-state index contributed by atoms with van der Waals surface area (Å²) in [6, 6.07) is 7.43. The van der Waals surface area contributed by atoms with Crippen molar-refractivity contribution in [1.29, 1.82) is 0 Å². The lowest BCUT2D eigenvalue weighted by atomic mass is 10.2. The van der Waals surface area contributed by atoms with Crippen molar-refractivity contribution in [3.05, 3.63) is 29.1 Å². The van der Waals surface area contributed by atoms with Crippen molar-refractivity contribution < 1.29 is 14.3 Å². The van der Waals surface area contributed by atoms with Gasteiger partial charge in [0.15, 0.2) is 0 Å². The van der Waals surface area contributed by atoms with Gasteiger partial charge in [-0.05, 0) is 62.3 Å². The van der Waals surface area contributed by atoms with Crippen molar-refractivity contribution in [2.24, 2.45) is 5.92 Å². The summed E-state index contributed by atoms with van der Waals surface area (Å²) in [6.45, 7) is 4.18. The summed E-state index contributed by atoms with van der Waals surface area (Å²) < 4.78 is 6.01. The molecule has 1 aromatic heterocycles. The van der Waals surface area contributed by atoms with Crippen LogP contribution in [0.5, 0.6) is 0 Å². The van der Waals surface area contributed by atoms with Gasteiger partial charge in [-0.25, -0.2) is 9.59 Å². The molecule has 2 N–H and O–H groups in total. The number of carbonyl (C=O) groups excluding carboxylic acids is 2. The van der Waals surface area contributed by atoms with E-state index in [-0.39, 0.29) is 18.0 Å². The Morgan fingerprint density at radius 1 is 1.35 bits per heavy atom. The molecule has 23 heavy (non-hydrogen) atoms. The predicted molar refractivity (Wildman–Crippen MR) is 92.1 cm³/mol. The summed E-state index contributed by atoms with van der Waals surface area (Å²) in [5.41, 5.74) is 0.714. The molecule has 6 heteroatoms. The normalized spacial score (nSPS) is 15.2. The van der Waals surface area contributed by atoms with Crippen molar-refractivity contribution in [1.82, 2.24) is 5.32 Å². The van der Waals surface area contributed by atoms with Crippen LogP contribution in [-0.2, 0) is 4.74 Å². The van der Waals surface area contributed by atoms with E-state index in [1.54, 1.807) is 13.0 Å². The van der Waals surface area contributed by atoms with Crippen LogP contribution in [0.15, 0.2) is 24.3 Å². The molecule has 1 saturated carbocycles. The number of urea groups is 1. The van der Waals surface area contributed by atoms with Crippen molar-refractivity contribution in [2.45, 2.75) is 32.7 Å². The average Bonchev–Trinajstić information content (AvgIpc) is 3.27. The average molecular weight is 332 g/mol. The van der Waals surface area contributed by atoms with Gasteiger partial charge >= 0.3 is 12.0 Å². The van der Waals surface area contributed by atoms with Gasteiger partial charge in [-0.1, -0.05) is 0 Å². The molecule has 122 valence electrons. The molecule has 1 aliphatic rings. The van der Waals surface area contributed by atoms with E-state index in [1.807, 2.05) is 25.1 Å². The van der Waals surface area contributed by atoms with Crippen LogP contribution in [0.4, 0.5) is 10.5 Å². The quantitative estimate of drug-likeness (QED) is 0.813. The highest BCUT2D eigenvalue weighted by Crippen LogP contribution is 2.32. The van der Waals surface area contributed by atoms with Gasteiger partial charge in [0.05, 0.1) is 6.61 Å². The van der Waals surface area contributed by atoms with E-state index in [1.165, 1.54) is 24.2 Å². The third kappa shape index (κ3) is 3.82. The van der Waals surface area contributed by atoms with Crippen LogP contribution in [0.25, 0.3) is 10.1 Å². The van der Waals surface area contributed by atoms with Crippen LogP contribution in [0.1, 0.15) is 36.4 Å². The third-order valence-corrected chi connectivity index (χ3v) is 5.03. The smallest absolute Gasteiger partial charge is 0.348 e. The van der Waals surface area contributed by atoms with Gasteiger partial charge in [0.2, 0.25) is 0 Å². The lowest BCUT2D eigenvalue weighted by Gasteiger charge is -2.13. The number of carbonyl (C=O) groups is 2. The molecule has 0 aliphatic heterocycles. The first-order valence-corrected chi connectivity index (χ1v) is 8.66. The molecular weight excluding hydrogens is 312 g/mol. The molecule has 0 spiro atoms. The zero-order valence-corrected chi connectivity index (χ0v) is 14.0. The highest BCUT2D eigenvalue weighted by Gasteiger charge is 2.28. The number of amides is 2. The van der Waals surface area contributed by atoms with E-state index in [9.17, 15) is 9.59 Å². The van der Waals surface area contributed by atoms with Crippen molar-refractivity contribution in [2.75, 3.05) is 11.9 Å².